The van der Waals surface area contributed by atoms with Crippen LogP contribution in [0.15, 0.2) is 24.3 Å². The van der Waals surface area contributed by atoms with Crippen LogP contribution >= 0.6 is 0 Å². The van der Waals surface area contributed by atoms with Crippen molar-refractivity contribution in [1.82, 2.24) is 4.90 Å². The molecular weight excluding hydrogens is 245 g/mol. The molecule has 0 aromatic heterocycles. The molecule has 0 aliphatic heterocycles. The molecule has 4 heteroatoms. The number of carbonyl (C=O) groups excluding carboxylic acids is 1. The van der Waals surface area contributed by atoms with Gasteiger partial charge in [0.25, 0.3) is 0 Å². The molecule has 0 bridgehead atoms. The molecule has 1 amide bonds. The highest BCUT2D eigenvalue weighted by atomic mass is 19.1. The predicted molar refractivity (Wildman–Crippen MR) is 71.1 cm³/mol. The van der Waals surface area contributed by atoms with Gasteiger partial charge in [0.1, 0.15) is 5.82 Å². The second-order valence-corrected chi connectivity index (χ2v) is 5.39. The van der Waals surface area contributed by atoms with E-state index in [2.05, 4.69) is 0 Å². The fourth-order valence-corrected chi connectivity index (χ4v) is 2.43. The summed E-state index contributed by atoms with van der Waals surface area (Å²) < 4.78 is 12.7. The zero-order valence-corrected chi connectivity index (χ0v) is 11.2. The van der Waals surface area contributed by atoms with Crippen LogP contribution in [-0.2, 0) is 11.2 Å². The first-order valence-electron chi connectivity index (χ1n) is 6.71. The largest absolute Gasteiger partial charge is 0.393 e. The van der Waals surface area contributed by atoms with Crippen LogP contribution in [0.1, 0.15) is 24.8 Å². The Morgan fingerprint density at radius 1 is 1.37 bits per heavy atom. The third-order valence-electron chi connectivity index (χ3n) is 3.71. The molecule has 0 atom stereocenters. The van der Waals surface area contributed by atoms with Crippen molar-refractivity contribution in [1.29, 1.82) is 0 Å². The van der Waals surface area contributed by atoms with Crippen LogP contribution in [0, 0.1) is 11.7 Å². The summed E-state index contributed by atoms with van der Waals surface area (Å²) in [5.41, 5.74) is 0.974. The molecule has 3 nitrogen and oxygen atoms in total. The molecule has 1 N–H and O–H groups in total. The third kappa shape index (κ3) is 4.03. The van der Waals surface area contributed by atoms with Gasteiger partial charge >= 0.3 is 0 Å². The number of hydrogen-bond donors (Lipinski definition) is 1. The van der Waals surface area contributed by atoms with E-state index in [1.807, 2.05) is 0 Å². The fraction of sp³-hybridized carbons (Fsp3) is 0.533. The molecule has 1 fully saturated rings. The van der Waals surface area contributed by atoms with Gasteiger partial charge in [-0.15, -0.1) is 0 Å². The van der Waals surface area contributed by atoms with Crippen LogP contribution < -0.4 is 0 Å². The number of halogens is 1. The van der Waals surface area contributed by atoms with Crippen molar-refractivity contribution in [3.63, 3.8) is 0 Å². The van der Waals surface area contributed by atoms with Crippen molar-refractivity contribution in [2.24, 2.45) is 5.92 Å². The zero-order valence-electron chi connectivity index (χ0n) is 11.2. The van der Waals surface area contributed by atoms with Crippen LogP contribution in [-0.4, -0.2) is 35.6 Å². The van der Waals surface area contributed by atoms with Crippen LogP contribution in [0.4, 0.5) is 4.39 Å². The van der Waals surface area contributed by atoms with E-state index >= 15 is 0 Å². The fourth-order valence-electron chi connectivity index (χ4n) is 2.43. The standard InChI is InChI=1S/C15H20FNO2/c1-17(10-12-8-14(18)9-12)15(19)7-4-11-2-5-13(16)6-3-11/h2-3,5-6,12,14,18H,4,7-10H2,1H3. The predicted octanol–water partition coefficient (Wildman–Crippen LogP) is 1.99. The molecule has 19 heavy (non-hydrogen) atoms. The Bertz CT molecular complexity index is 426. The molecule has 1 saturated carbocycles. The lowest BCUT2D eigenvalue weighted by Crippen LogP contribution is -2.39. The molecule has 0 saturated heterocycles. The Kier molecular flexibility index (Phi) is 4.53. The average molecular weight is 265 g/mol. The average Bonchev–Trinajstić information content (AvgIpc) is 2.35. The summed E-state index contributed by atoms with van der Waals surface area (Å²) in [4.78, 5) is 13.7. The van der Waals surface area contributed by atoms with Gasteiger partial charge in [0.05, 0.1) is 6.10 Å². The van der Waals surface area contributed by atoms with Gasteiger partial charge in [-0.05, 0) is 42.9 Å². The Hall–Kier alpha value is -1.42. The zero-order chi connectivity index (χ0) is 13.8. The number of rotatable bonds is 5. The minimum atomic E-state index is -0.254. The van der Waals surface area contributed by atoms with Crippen LogP contribution in [0.25, 0.3) is 0 Å². The lowest BCUT2D eigenvalue weighted by molar-refractivity contribution is -0.131. The minimum Gasteiger partial charge on any atom is -0.393 e. The third-order valence-corrected chi connectivity index (χ3v) is 3.71. The quantitative estimate of drug-likeness (QED) is 0.884. The highest BCUT2D eigenvalue weighted by Gasteiger charge is 2.28. The number of aryl methyl sites for hydroxylation is 1. The number of amides is 1. The van der Waals surface area contributed by atoms with Crippen LogP contribution in [0.5, 0.6) is 0 Å². The van der Waals surface area contributed by atoms with Crippen molar-refractivity contribution in [2.45, 2.75) is 31.8 Å². The van der Waals surface area contributed by atoms with Crippen molar-refractivity contribution in [3.8, 4) is 0 Å². The van der Waals surface area contributed by atoms with E-state index in [1.54, 1.807) is 24.1 Å². The second kappa shape index (κ2) is 6.15. The molecule has 0 heterocycles. The number of carbonyl (C=O) groups is 1. The summed E-state index contributed by atoms with van der Waals surface area (Å²) in [6.45, 7) is 0.722. The summed E-state index contributed by atoms with van der Waals surface area (Å²) in [5.74, 6) is 0.288. The first-order chi connectivity index (χ1) is 9.04. The van der Waals surface area contributed by atoms with E-state index < -0.39 is 0 Å². The lowest BCUT2D eigenvalue weighted by Gasteiger charge is -2.34. The summed E-state index contributed by atoms with van der Waals surface area (Å²) in [6, 6.07) is 6.26. The number of hydrogen-bond acceptors (Lipinski definition) is 2. The van der Waals surface area contributed by atoms with Gasteiger partial charge in [0, 0.05) is 20.0 Å². The summed E-state index contributed by atoms with van der Waals surface area (Å²) in [6.07, 6.45) is 2.51. The lowest BCUT2D eigenvalue weighted by atomic mass is 9.82. The van der Waals surface area contributed by atoms with Crippen LogP contribution in [0.2, 0.25) is 0 Å². The number of aliphatic hydroxyl groups is 1. The van der Waals surface area contributed by atoms with E-state index in [0.717, 1.165) is 24.9 Å². The normalized spacial score (nSPS) is 21.8. The number of aliphatic hydroxyl groups excluding tert-OH is 1. The van der Waals surface area contributed by atoms with E-state index in [4.69, 9.17) is 0 Å². The first kappa shape index (κ1) is 14.0. The minimum absolute atomic E-state index is 0.103. The molecule has 0 spiro atoms. The van der Waals surface area contributed by atoms with Gasteiger partial charge in [0.2, 0.25) is 5.91 Å². The van der Waals surface area contributed by atoms with Gasteiger partial charge in [-0.2, -0.15) is 0 Å². The molecule has 1 aromatic carbocycles. The van der Waals surface area contributed by atoms with E-state index in [-0.39, 0.29) is 17.8 Å². The van der Waals surface area contributed by atoms with Gasteiger partial charge < -0.3 is 10.0 Å². The first-order valence-corrected chi connectivity index (χ1v) is 6.71. The summed E-state index contributed by atoms with van der Waals surface area (Å²) in [5, 5.41) is 9.21. The number of nitrogens with zero attached hydrogens (tertiary/aromatic N) is 1. The Morgan fingerprint density at radius 3 is 2.58 bits per heavy atom. The Balaban J connectivity index is 1.72. The van der Waals surface area contributed by atoms with Crippen molar-refractivity contribution in [3.05, 3.63) is 35.6 Å². The van der Waals surface area contributed by atoms with E-state index in [9.17, 15) is 14.3 Å². The summed E-state index contributed by atoms with van der Waals surface area (Å²) >= 11 is 0. The SMILES string of the molecule is CN(CC1CC(O)C1)C(=O)CCc1ccc(F)cc1. The van der Waals surface area contributed by atoms with Gasteiger partial charge in [-0.3, -0.25) is 4.79 Å². The molecule has 2 rings (SSSR count). The monoisotopic (exact) mass is 265 g/mol. The molecule has 1 aromatic rings. The maximum Gasteiger partial charge on any atom is 0.222 e. The van der Waals surface area contributed by atoms with Gasteiger partial charge in [0.15, 0.2) is 0 Å². The van der Waals surface area contributed by atoms with Crippen molar-refractivity contribution < 1.29 is 14.3 Å². The molecule has 104 valence electrons. The van der Waals surface area contributed by atoms with Crippen molar-refractivity contribution >= 4 is 5.91 Å². The smallest absolute Gasteiger partial charge is 0.222 e. The van der Waals surface area contributed by atoms with E-state index in [0.29, 0.717) is 18.8 Å². The molecular formula is C15H20FNO2. The molecule has 1 aliphatic rings. The van der Waals surface area contributed by atoms with Crippen LogP contribution in [0.3, 0.4) is 0 Å². The summed E-state index contributed by atoms with van der Waals surface area (Å²) in [7, 11) is 1.80. The topological polar surface area (TPSA) is 40.5 Å². The Labute approximate surface area is 113 Å². The number of benzene rings is 1. The molecule has 0 radical (unpaired) electrons. The highest BCUT2D eigenvalue weighted by molar-refractivity contribution is 5.76. The van der Waals surface area contributed by atoms with E-state index in [1.165, 1.54) is 12.1 Å². The molecule has 0 unspecified atom stereocenters. The Morgan fingerprint density at radius 2 is 2.00 bits per heavy atom. The second-order valence-electron chi connectivity index (χ2n) is 5.39. The maximum absolute atomic E-state index is 12.7. The van der Waals surface area contributed by atoms with Crippen molar-refractivity contribution in [2.75, 3.05) is 13.6 Å². The van der Waals surface area contributed by atoms with Gasteiger partial charge in [-0.25, -0.2) is 4.39 Å². The van der Waals surface area contributed by atoms with Gasteiger partial charge in [-0.1, -0.05) is 12.1 Å². The highest BCUT2D eigenvalue weighted by Crippen LogP contribution is 2.27. The molecule has 1 aliphatic carbocycles. The maximum atomic E-state index is 12.7.